The zero-order valence-electron chi connectivity index (χ0n) is 12.4. The van der Waals surface area contributed by atoms with Crippen molar-refractivity contribution in [1.29, 1.82) is 0 Å². The largest absolute Gasteiger partial charge is 0.486 e. The highest BCUT2D eigenvalue weighted by Gasteiger charge is 2.23. The van der Waals surface area contributed by atoms with Crippen molar-refractivity contribution in [1.82, 2.24) is 5.32 Å². The maximum atomic E-state index is 11.9. The lowest BCUT2D eigenvalue weighted by Gasteiger charge is -2.19. The molecule has 0 radical (unpaired) electrons. The number of carbonyl (C=O) groups excluding carboxylic acids is 1. The number of nitrogens with one attached hydrogen (secondary N) is 2. The summed E-state index contributed by atoms with van der Waals surface area (Å²) in [6, 6.07) is 5.86. The fraction of sp³-hybridized carbons (Fsp3) is 0.562. The number of anilines is 1. The van der Waals surface area contributed by atoms with Crippen LogP contribution in [0, 0.1) is 5.92 Å². The van der Waals surface area contributed by atoms with E-state index >= 15 is 0 Å². The third-order valence-corrected chi connectivity index (χ3v) is 3.82. The van der Waals surface area contributed by atoms with Gasteiger partial charge in [-0.15, -0.1) is 0 Å². The van der Waals surface area contributed by atoms with Crippen LogP contribution in [0.3, 0.4) is 0 Å². The number of ether oxygens (including phenoxy) is 2. The number of hydrogen-bond donors (Lipinski definition) is 2. The van der Waals surface area contributed by atoms with Gasteiger partial charge in [-0.1, -0.05) is 12.8 Å². The van der Waals surface area contributed by atoms with Crippen LogP contribution in [0.5, 0.6) is 11.5 Å². The first-order chi connectivity index (χ1) is 10.2. The Morgan fingerprint density at radius 3 is 2.81 bits per heavy atom. The van der Waals surface area contributed by atoms with E-state index in [2.05, 4.69) is 17.6 Å². The van der Waals surface area contributed by atoms with E-state index in [0.717, 1.165) is 23.8 Å². The molecule has 1 amide bonds. The Morgan fingerprint density at radius 1 is 1.29 bits per heavy atom. The standard InChI is InChI=1S/C16H22N2O3/c1-11(8-12-2-3-12)17-10-16(19)18-13-4-5-14-15(9-13)21-7-6-20-14/h4-5,9,11-12,17H,2-3,6-8,10H2,1H3,(H,18,19). The summed E-state index contributed by atoms with van der Waals surface area (Å²) >= 11 is 0. The lowest BCUT2D eigenvalue weighted by atomic mass is 10.1. The van der Waals surface area contributed by atoms with Crippen LogP contribution in [0.4, 0.5) is 5.69 Å². The molecule has 1 saturated carbocycles. The van der Waals surface area contributed by atoms with Crippen LogP contribution in [-0.2, 0) is 4.79 Å². The van der Waals surface area contributed by atoms with Gasteiger partial charge >= 0.3 is 0 Å². The third kappa shape index (κ3) is 4.11. The van der Waals surface area contributed by atoms with Crippen LogP contribution in [0.2, 0.25) is 0 Å². The molecule has 1 aliphatic carbocycles. The van der Waals surface area contributed by atoms with E-state index in [1.165, 1.54) is 12.8 Å². The average Bonchev–Trinajstić information content (AvgIpc) is 3.29. The maximum Gasteiger partial charge on any atom is 0.238 e. The maximum absolute atomic E-state index is 11.9. The van der Waals surface area contributed by atoms with Gasteiger partial charge in [0.1, 0.15) is 13.2 Å². The van der Waals surface area contributed by atoms with Gasteiger partial charge in [0.15, 0.2) is 11.5 Å². The molecular weight excluding hydrogens is 268 g/mol. The molecule has 3 rings (SSSR count). The van der Waals surface area contributed by atoms with Gasteiger partial charge in [-0.05, 0) is 31.4 Å². The highest BCUT2D eigenvalue weighted by atomic mass is 16.6. The number of benzene rings is 1. The van der Waals surface area contributed by atoms with E-state index in [9.17, 15) is 4.79 Å². The Hall–Kier alpha value is -1.75. The van der Waals surface area contributed by atoms with Crippen molar-refractivity contribution >= 4 is 11.6 Å². The molecule has 5 heteroatoms. The van der Waals surface area contributed by atoms with Crippen molar-refractivity contribution in [2.24, 2.45) is 5.92 Å². The third-order valence-electron chi connectivity index (χ3n) is 3.82. The molecule has 1 fully saturated rings. The van der Waals surface area contributed by atoms with Gasteiger partial charge in [0.25, 0.3) is 0 Å². The van der Waals surface area contributed by atoms with Crippen molar-refractivity contribution in [2.45, 2.75) is 32.2 Å². The predicted octanol–water partition coefficient (Wildman–Crippen LogP) is 2.17. The second-order valence-corrected chi connectivity index (χ2v) is 5.87. The predicted molar refractivity (Wildman–Crippen MR) is 80.9 cm³/mol. The Balaban J connectivity index is 1.47. The van der Waals surface area contributed by atoms with E-state index in [4.69, 9.17) is 9.47 Å². The summed E-state index contributed by atoms with van der Waals surface area (Å²) in [5.74, 6) is 2.26. The summed E-state index contributed by atoms with van der Waals surface area (Å²) < 4.78 is 11.0. The minimum Gasteiger partial charge on any atom is -0.486 e. The van der Waals surface area contributed by atoms with Gasteiger partial charge < -0.3 is 20.1 Å². The highest BCUT2D eigenvalue weighted by Crippen LogP contribution is 2.33. The second-order valence-electron chi connectivity index (χ2n) is 5.87. The number of fused-ring (bicyclic) bond motifs is 1. The van der Waals surface area contributed by atoms with Gasteiger partial charge in [0.2, 0.25) is 5.91 Å². The number of amides is 1. The molecule has 5 nitrogen and oxygen atoms in total. The molecule has 2 aliphatic rings. The van der Waals surface area contributed by atoms with Crippen molar-refractivity contribution in [2.75, 3.05) is 25.1 Å². The molecule has 0 saturated heterocycles. The summed E-state index contributed by atoms with van der Waals surface area (Å²) in [5.41, 5.74) is 0.737. The molecule has 0 bridgehead atoms. The summed E-state index contributed by atoms with van der Waals surface area (Å²) in [4.78, 5) is 11.9. The molecule has 21 heavy (non-hydrogen) atoms. The quantitative estimate of drug-likeness (QED) is 0.843. The number of carbonyl (C=O) groups is 1. The summed E-state index contributed by atoms with van der Waals surface area (Å²) in [6.45, 7) is 3.59. The van der Waals surface area contributed by atoms with Crippen molar-refractivity contribution in [3.63, 3.8) is 0 Å². The Bertz CT molecular complexity index is 514. The first-order valence-corrected chi connectivity index (χ1v) is 7.63. The molecule has 2 N–H and O–H groups in total. The zero-order valence-corrected chi connectivity index (χ0v) is 12.4. The molecule has 0 aromatic heterocycles. The lowest BCUT2D eigenvalue weighted by Crippen LogP contribution is -2.34. The van der Waals surface area contributed by atoms with Gasteiger partial charge in [0, 0.05) is 17.8 Å². The van der Waals surface area contributed by atoms with Crippen LogP contribution < -0.4 is 20.1 Å². The van der Waals surface area contributed by atoms with E-state index in [0.29, 0.717) is 31.5 Å². The Morgan fingerprint density at radius 2 is 2.05 bits per heavy atom. The minimum absolute atomic E-state index is 0.0330. The smallest absolute Gasteiger partial charge is 0.238 e. The molecule has 114 valence electrons. The molecule has 1 heterocycles. The highest BCUT2D eigenvalue weighted by molar-refractivity contribution is 5.92. The first-order valence-electron chi connectivity index (χ1n) is 7.63. The zero-order chi connectivity index (χ0) is 14.7. The van der Waals surface area contributed by atoms with Gasteiger partial charge in [0.05, 0.1) is 6.54 Å². The molecule has 1 aromatic rings. The van der Waals surface area contributed by atoms with Crippen molar-refractivity contribution < 1.29 is 14.3 Å². The summed E-state index contributed by atoms with van der Waals surface area (Å²) in [6.07, 6.45) is 3.85. The number of hydrogen-bond acceptors (Lipinski definition) is 4. The summed E-state index contributed by atoms with van der Waals surface area (Å²) in [7, 11) is 0. The Labute approximate surface area is 125 Å². The summed E-state index contributed by atoms with van der Waals surface area (Å²) in [5, 5.41) is 6.15. The van der Waals surface area contributed by atoms with Crippen LogP contribution in [0.1, 0.15) is 26.2 Å². The Kier molecular flexibility index (Phi) is 4.29. The van der Waals surface area contributed by atoms with E-state index < -0.39 is 0 Å². The first kappa shape index (κ1) is 14.2. The lowest BCUT2D eigenvalue weighted by molar-refractivity contribution is -0.115. The van der Waals surface area contributed by atoms with Crippen LogP contribution in [0.25, 0.3) is 0 Å². The minimum atomic E-state index is -0.0330. The van der Waals surface area contributed by atoms with E-state index in [-0.39, 0.29) is 5.91 Å². The molecule has 0 spiro atoms. The van der Waals surface area contributed by atoms with E-state index in [1.54, 1.807) is 6.07 Å². The monoisotopic (exact) mass is 290 g/mol. The molecular formula is C16H22N2O3. The topological polar surface area (TPSA) is 59.6 Å². The molecule has 1 atom stereocenters. The normalized spacial score (nSPS) is 18.1. The molecule has 1 aromatic carbocycles. The molecule has 1 unspecified atom stereocenters. The molecule has 1 aliphatic heterocycles. The van der Waals surface area contributed by atoms with Crippen molar-refractivity contribution in [3.05, 3.63) is 18.2 Å². The van der Waals surface area contributed by atoms with Gasteiger partial charge in [-0.2, -0.15) is 0 Å². The number of rotatable bonds is 6. The SMILES string of the molecule is CC(CC1CC1)NCC(=O)Nc1ccc2c(c1)OCCO2. The van der Waals surface area contributed by atoms with E-state index in [1.807, 2.05) is 12.1 Å². The van der Waals surface area contributed by atoms with Gasteiger partial charge in [-0.3, -0.25) is 4.79 Å². The van der Waals surface area contributed by atoms with Crippen LogP contribution in [0.15, 0.2) is 18.2 Å². The van der Waals surface area contributed by atoms with Crippen LogP contribution in [-0.4, -0.2) is 31.7 Å². The fourth-order valence-corrected chi connectivity index (χ4v) is 2.53. The average molecular weight is 290 g/mol. The second kappa shape index (κ2) is 6.35. The van der Waals surface area contributed by atoms with Crippen molar-refractivity contribution in [3.8, 4) is 11.5 Å². The van der Waals surface area contributed by atoms with Gasteiger partial charge in [-0.25, -0.2) is 0 Å². The fourth-order valence-electron chi connectivity index (χ4n) is 2.53. The van der Waals surface area contributed by atoms with Crippen LogP contribution >= 0.6 is 0 Å².